The van der Waals surface area contributed by atoms with Crippen LogP contribution in [0, 0.1) is 6.92 Å². The second-order valence-corrected chi connectivity index (χ2v) is 6.33. The van der Waals surface area contributed by atoms with Crippen molar-refractivity contribution in [3.05, 3.63) is 29.8 Å². The van der Waals surface area contributed by atoms with Crippen molar-refractivity contribution in [3.8, 4) is 0 Å². The highest BCUT2D eigenvalue weighted by atomic mass is 28.2. The Morgan fingerprint density at radius 1 is 1.18 bits per heavy atom. The first-order chi connectivity index (χ1) is 5.20. The quantitative estimate of drug-likeness (QED) is 0.583. The molecule has 0 nitrogen and oxygen atoms in total. The Kier molecular flexibility index (Phi) is 2.89. The summed E-state index contributed by atoms with van der Waals surface area (Å²) in [5.41, 5.74) is 2.38. The molecule has 1 aromatic carbocycles. The van der Waals surface area contributed by atoms with Gasteiger partial charge >= 0.3 is 0 Å². The lowest BCUT2D eigenvalue weighted by Gasteiger charge is -2.06. The van der Waals surface area contributed by atoms with Gasteiger partial charge < -0.3 is 0 Å². The lowest BCUT2D eigenvalue weighted by Crippen LogP contribution is -2.19. The Morgan fingerprint density at radius 3 is 2.36 bits per heavy atom. The molecule has 0 bridgehead atoms. The molecule has 0 saturated carbocycles. The summed E-state index contributed by atoms with van der Waals surface area (Å²) in [7, 11) is -0.00557. The summed E-state index contributed by atoms with van der Waals surface area (Å²) in [6, 6.07) is 8.76. The largest absolute Gasteiger partial charge is 0.0654 e. The highest BCUT2D eigenvalue weighted by Gasteiger charge is 1.99. The van der Waals surface area contributed by atoms with E-state index in [2.05, 4.69) is 45.0 Å². The second-order valence-electron chi connectivity index (χ2n) is 3.52. The maximum Gasteiger partial charge on any atom is 0.0576 e. The lowest BCUT2D eigenvalue weighted by atomic mass is 10.2. The molecular formula is C10H16Si. The van der Waals surface area contributed by atoms with Crippen molar-refractivity contribution in [3.63, 3.8) is 0 Å². The van der Waals surface area contributed by atoms with E-state index in [-0.39, 0.29) is 9.52 Å². The molecule has 0 saturated heterocycles. The van der Waals surface area contributed by atoms with E-state index < -0.39 is 0 Å². The first-order valence-corrected chi connectivity index (χ1v) is 5.77. The minimum Gasteiger partial charge on any atom is -0.0654 e. The number of aryl methyl sites for hydroxylation is 1. The summed E-state index contributed by atoms with van der Waals surface area (Å²) in [6.07, 6.45) is 0. The van der Waals surface area contributed by atoms with Gasteiger partial charge in [0.1, 0.15) is 0 Å². The van der Waals surface area contributed by atoms with E-state index in [0.717, 1.165) is 5.54 Å². The average Bonchev–Trinajstić information content (AvgIpc) is 1.93. The molecule has 1 heteroatoms. The standard InChI is InChI=1S/C10H16Si/c1-8(2)11-10-7-5-4-6-9(10)3/h4-8H,11H2,1-3H3. The first-order valence-electron chi connectivity index (χ1n) is 4.24. The molecule has 1 aromatic rings. The number of hydrogen-bond donors (Lipinski definition) is 0. The zero-order valence-electron chi connectivity index (χ0n) is 7.59. The van der Waals surface area contributed by atoms with Crippen LogP contribution >= 0.6 is 0 Å². The molecular weight excluding hydrogens is 148 g/mol. The number of hydrogen-bond acceptors (Lipinski definition) is 0. The van der Waals surface area contributed by atoms with Gasteiger partial charge in [0.05, 0.1) is 9.52 Å². The average molecular weight is 164 g/mol. The zero-order chi connectivity index (χ0) is 8.27. The fourth-order valence-electron chi connectivity index (χ4n) is 1.28. The van der Waals surface area contributed by atoms with Crippen LogP contribution in [-0.2, 0) is 0 Å². The Morgan fingerprint density at radius 2 is 1.82 bits per heavy atom. The van der Waals surface area contributed by atoms with Crippen LogP contribution in [0.25, 0.3) is 0 Å². The molecule has 0 aliphatic rings. The van der Waals surface area contributed by atoms with Crippen LogP contribution in [0.2, 0.25) is 5.54 Å². The molecule has 0 radical (unpaired) electrons. The van der Waals surface area contributed by atoms with Crippen LogP contribution < -0.4 is 5.19 Å². The van der Waals surface area contributed by atoms with Crippen LogP contribution in [0.15, 0.2) is 24.3 Å². The molecule has 0 heterocycles. The van der Waals surface area contributed by atoms with E-state index in [9.17, 15) is 0 Å². The van der Waals surface area contributed by atoms with E-state index in [0.29, 0.717) is 0 Å². The third-order valence-corrected chi connectivity index (χ3v) is 3.94. The van der Waals surface area contributed by atoms with E-state index >= 15 is 0 Å². The van der Waals surface area contributed by atoms with Gasteiger partial charge in [-0.3, -0.25) is 0 Å². The number of rotatable bonds is 2. The summed E-state index contributed by atoms with van der Waals surface area (Å²) >= 11 is 0. The molecule has 0 aromatic heterocycles. The Labute approximate surface area is 71.5 Å². The second kappa shape index (κ2) is 3.72. The van der Waals surface area contributed by atoms with E-state index in [1.54, 1.807) is 5.19 Å². The summed E-state index contributed by atoms with van der Waals surface area (Å²) < 4.78 is 0. The molecule has 0 aliphatic carbocycles. The van der Waals surface area contributed by atoms with Crippen molar-refractivity contribution in [1.29, 1.82) is 0 Å². The van der Waals surface area contributed by atoms with Crippen LogP contribution in [0.4, 0.5) is 0 Å². The topological polar surface area (TPSA) is 0 Å². The summed E-state index contributed by atoms with van der Waals surface area (Å²) in [4.78, 5) is 0. The first kappa shape index (κ1) is 8.53. The maximum atomic E-state index is 2.32. The minimum atomic E-state index is -0.00557. The molecule has 0 N–H and O–H groups in total. The van der Waals surface area contributed by atoms with Gasteiger partial charge in [0, 0.05) is 0 Å². The Balaban J connectivity index is 2.78. The van der Waals surface area contributed by atoms with Crippen LogP contribution in [0.3, 0.4) is 0 Å². The molecule has 11 heavy (non-hydrogen) atoms. The zero-order valence-corrected chi connectivity index (χ0v) is 9.01. The van der Waals surface area contributed by atoms with Gasteiger partial charge in [-0.05, 0) is 6.92 Å². The Bertz CT molecular complexity index is 228. The van der Waals surface area contributed by atoms with Gasteiger partial charge in [0.25, 0.3) is 0 Å². The molecule has 0 amide bonds. The van der Waals surface area contributed by atoms with Crippen LogP contribution in [0.1, 0.15) is 19.4 Å². The van der Waals surface area contributed by atoms with Crippen LogP contribution in [-0.4, -0.2) is 9.52 Å². The summed E-state index contributed by atoms with van der Waals surface area (Å²) in [5.74, 6) is 0. The number of benzene rings is 1. The Hall–Kier alpha value is -0.563. The van der Waals surface area contributed by atoms with E-state index in [1.165, 1.54) is 5.56 Å². The van der Waals surface area contributed by atoms with Gasteiger partial charge in [-0.1, -0.05) is 54.4 Å². The van der Waals surface area contributed by atoms with E-state index in [1.807, 2.05) is 0 Å². The maximum absolute atomic E-state index is 2.32. The molecule has 60 valence electrons. The summed E-state index contributed by atoms with van der Waals surface area (Å²) in [6.45, 7) is 6.85. The van der Waals surface area contributed by atoms with Crippen molar-refractivity contribution in [2.75, 3.05) is 0 Å². The smallest absolute Gasteiger partial charge is 0.0576 e. The third-order valence-electron chi connectivity index (χ3n) is 1.89. The summed E-state index contributed by atoms with van der Waals surface area (Å²) in [5, 5.41) is 1.63. The van der Waals surface area contributed by atoms with Crippen molar-refractivity contribution in [2.45, 2.75) is 26.3 Å². The highest BCUT2D eigenvalue weighted by Crippen LogP contribution is 2.00. The van der Waals surface area contributed by atoms with Crippen molar-refractivity contribution >= 4 is 14.7 Å². The fourth-order valence-corrected chi connectivity index (χ4v) is 2.87. The molecule has 0 aliphatic heterocycles. The minimum absolute atomic E-state index is 0.00557. The van der Waals surface area contributed by atoms with Gasteiger partial charge in [-0.15, -0.1) is 0 Å². The SMILES string of the molecule is Cc1ccccc1[SiH2]C(C)C. The van der Waals surface area contributed by atoms with E-state index in [4.69, 9.17) is 0 Å². The lowest BCUT2D eigenvalue weighted by molar-refractivity contribution is 1.07. The molecule has 1 rings (SSSR count). The molecule has 0 unspecified atom stereocenters. The fraction of sp³-hybridized carbons (Fsp3) is 0.400. The third kappa shape index (κ3) is 2.50. The van der Waals surface area contributed by atoms with Gasteiger partial charge in [-0.2, -0.15) is 0 Å². The van der Waals surface area contributed by atoms with Gasteiger partial charge in [0.15, 0.2) is 0 Å². The predicted molar refractivity (Wildman–Crippen MR) is 54.5 cm³/mol. The monoisotopic (exact) mass is 164 g/mol. The van der Waals surface area contributed by atoms with Crippen LogP contribution in [0.5, 0.6) is 0 Å². The predicted octanol–water partition coefficient (Wildman–Crippen LogP) is 1.62. The highest BCUT2D eigenvalue weighted by molar-refractivity contribution is 6.55. The van der Waals surface area contributed by atoms with Gasteiger partial charge in [-0.25, -0.2) is 0 Å². The normalized spacial score (nSPS) is 11.6. The van der Waals surface area contributed by atoms with Crippen molar-refractivity contribution in [2.24, 2.45) is 0 Å². The van der Waals surface area contributed by atoms with Crippen molar-refractivity contribution < 1.29 is 0 Å². The molecule has 0 atom stereocenters. The molecule has 0 spiro atoms. The van der Waals surface area contributed by atoms with Crippen molar-refractivity contribution in [1.82, 2.24) is 0 Å². The van der Waals surface area contributed by atoms with Gasteiger partial charge in [0.2, 0.25) is 0 Å². The molecule has 0 fully saturated rings.